The number of amides is 1. The van der Waals surface area contributed by atoms with Crippen LogP contribution in [0.1, 0.15) is 27.3 Å². The number of halogens is 1. The average Bonchev–Trinajstić information content (AvgIpc) is 3.53. The van der Waals surface area contributed by atoms with E-state index in [1.165, 1.54) is 23.9 Å². The van der Waals surface area contributed by atoms with Gasteiger partial charge in [0.25, 0.3) is 5.91 Å². The first-order valence-electron chi connectivity index (χ1n) is 11.2. The van der Waals surface area contributed by atoms with E-state index >= 15 is 0 Å². The number of rotatable bonds is 9. The highest BCUT2D eigenvalue weighted by atomic mass is 32.2. The van der Waals surface area contributed by atoms with Crippen molar-refractivity contribution in [3.63, 3.8) is 0 Å². The van der Waals surface area contributed by atoms with Crippen molar-refractivity contribution >= 4 is 17.7 Å². The van der Waals surface area contributed by atoms with Gasteiger partial charge in [-0.2, -0.15) is 0 Å². The van der Waals surface area contributed by atoms with Gasteiger partial charge in [-0.3, -0.25) is 9.36 Å². The fourth-order valence-electron chi connectivity index (χ4n) is 3.80. The summed E-state index contributed by atoms with van der Waals surface area (Å²) >= 11 is 1.44. The number of nitrogens with zero attached hydrogens (tertiary/aromatic N) is 3. The Bertz CT molecular complexity index is 1380. The lowest BCUT2D eigenvalue weighted by atomic mass is 10.1. The molecule has 2 heterocycles. The molecule has 184 valence electrons. The van der Waals surface area contributed by atoms with Crippen LogP contribution < -0.4 is 14.8 Å². The molecule has 5 rings (SSSR count). The van der Waals surface area contributed by atoms with Crippen molar-refractivity contribution in [1.82, 2.24) is 20.1 Å². The maximum absolute atomic E-state index is 13.5. The predicted octanol–water partition coefficient (Wildman–Crippen LogP) is 4.50. The highest BCUT2D eigenvalue weighted by molar-refractivity contribution is 7.98. The number of nitrogens with one attached hydrogen (secondary N) is 1. The van der Waals surface area contributed by atoms with Crippen LogP contribution >= 0.6 is 11.8 Å². The summed E-state index contributed by atoms with van der Waals surface area (Å²) in [6, 6.07) is 19.2. The molecule has 8 nitrogen and oxygen atoms in total. The van der Waals surface area contributed by atoms with Crippen LogP contribution in [0.2, 0.25) is 0 Å². The molecule has 1 amide bonds. The van der Waals surface area contributed by atoms with Crippen LogP contribution in [0.5, 0.6) is 11.5 Å². The zero-order valence-electron chi connectivity index (χ0n) is 19.4. The Morgan fingerprint density at radius 3 is 2.72 bits per heavy atom. The Kier molecular flexibility index (Phi) is 7.15. The van der Waals surface area contributed by atoms with E-state index in [0.29, 0.717) is 40.3 Å². The van der Waals surface area contributed by atoms with Crippen molar-refractivity contribution in [1.29, 1.82) is 0 Å². The van der Waals surface area contributed by atoms with Crippen LogP contribution in [-0.2, 0) is 23.6 Å². The predicted molar refractivity (Wildman–Crippen MR) is 132 cm³/mol. The van der Waals surface area contributed by atoms with Gasteiger partial charge in [-0.15, -0.1) is 10.2 Å². The van der Waals surface area contributed by atoms with E-state index < -0.39 is 0 Å². The van der Waals surface area contributed by atoms with Crippen molar-refractivity contribution in [3.8, 4) is 17.2 Å². The van der Waals surface area contributed by atoms with E-state index in [9.17, 15) is 9.18 Å². The summed E-state index contributed by atoms with van der Waals surface area (Å²) in [5, 5.41) is 12.1. The molecule has 4 aromatic rings. The third-order valence-corrected chi connectivity index (χ3v) is 6.55. The topological polar surface area (TPSA) is 87.5 Å². The molecule has 0 saturated carbocycles. The second kappa shape index (κ2) is 10.8. The standard InChI is InChI=1S/C26H23FN4O4S/c1-33-14-24-29-30-26(31(24)20-9-7-19(27)8-10-20)36-15-18-4-2-3-5-21(18)25(32)28-13-17-6-11-22-23(12-17)35-16-34-22/h2-12H,13-16H2,1H3,(H,28,32). The zero-order chi connectivity index (χ0) is 24.9. The van der Waals surface area contributed by atoms with Gasteiger partial charge in [-0.1, -0.05) is 36.0 Å². The third-order valence-electron chi connectivity index (χ3n) is 5.57. The molecular weight excluding hydrogens is 483 g/mol. The molecule has 0 aliphatic carbocycles. The maximum Gasteiger partial charge on any atom is 0.251 e. The summed E-state index contributed by atoms with van der Waals surface area (Å²) in [7, 11) is 1.58. The first-order chi connectivity index (χ1) is 17.6. The number of ether oxygens (including phenoxy) is 3. The molecule has 36 heavy (non-hydrogen) atoms. The number of carbonyl (C=O) groups is 1. The molecule has 0 fully saturated rings. The van der Waals surface area contributed by atoms with E-state index in [2.05, 4.69) is 15.5 Å². The summed E-state index contributed by atoms with van der Waals surface area (Å²) in [6.45, 7) is 0.818. The van der Waals surface area contributed by atoms with Gasteiger partial charge in [0.1, 0.15) is 12.4 Å². The molecule has 0 radical (unpaired) electrons. The van der Waals surface area contributed by atoms with Crippen molar-refractivity contribution in [3.05, 3.63) is 95.1 Å². The van der Waals surface area contributed by atoms with Crippen molar-refractivity contribution in [2.75, 3.05) is 13.9 Å². The average molecular weight is 507 g/mol. The zero-order valence-corrected chi connectivity index (χ0v) is 20.3. The molecule has 1 aliphatic rings. The van der Waals surface area contributed by atoms with Crippen molar-refractivity contribution in [2.45, 2.75) is 24.1 Å². The summed E-state index contributed by atoms with van der Waals surface area (Å²) in [5.41, 5.74) is 3.08. The van der Waals surface area contributed by atoms with E-state index in [0.717, 1.165) is 16.8 Å². The molecule has 0 unspecified atom stereocenters. The molecule has 0 bridgehead atoms. The Morgan fingerprint density at radius 1 is 1.08 bits per heavy atom. The molecule has 1 N–H and O–H groups in total. The molecule has 10 heteroatoms. The molecule has 0 atom stereocenters. The van der Waals surface area contributed by atoms with E-state index in [1.807, 2.05) is 41.0 Å². The normalized spacial score (nSPS) is 12.1. The van der Waals surface area contributed by atoms with Gasteiger partial charge in [0.05, 0.1) is 0 Å². The lowest BCUT2D eigenvalue weighted by molar-refractivity contribution is 0.0950. The maximum atomic E-state index is 13.5. The van der Waals surface area contributed by atoms with Crippen LogP contribution in [0.25, 0.3) is 5.69 Å². The van der Waals surface area contributed by atoms with Crippen LogP contribution in [0, 0.1) is 5.82 Å². The minimum Gasteiger partial charge on any atom is -0.454 e. The fraction of sp³-hybridized carbons (Fsp3) is 0.192. The minimum absolute atomic E-state index is 0.177. The number of methoxy groups -OCH3 is 1. The number of carbonyl (C=O) groups excluding carboxylic acids is 1. The van der Waals surface area contributed by atoms with Crippen LogP contribution in [0.3, 0.4) is 0 Å². The smallest absolute Gasteiger partial charge is 0.251 e. The Labute approximate surface area is 211 Å². The molecule has 1 aromatic heterocycles. The van der Waals surface area contributed by atoms with E-state index in [4.69, 9.17) is 14.2 Å². The van der Waals surface area contributed by atoms with Crippen LogP contribution in [0.4, 0.5) is 4.39 Å². The summed E-state index contributed by atoms with van der Waals surface area (Å²) in [5.74, 6) is 1.96. The lowest BCUT2D eigenvalue weighted by Gasteiger charge is -2.12. The number of hydrogen-bond acceptors (Lipinski definition) is 7. The highest BCUT2D eigenvalue weighted by Crippen LogP contribution is 2.32. The monoisotopic (exact) mass is 506 g/mol. The fourth-order valence-corrected chi connectivity index (χ4v) is 4.78. The third kappa shape index (κ3) is 5.19. The SMILES string of the molecule is COCc1nnc(SCc2ccccc2C(=O)NCc2ccc3c(c2)OCO3)n1-c1ccc(F)cc1. The van der Waals surface area contributed by atoms with E-state index in [1.54, 1.807) is 25.3 Å². The van der Waals surface area contributed by atoms with Crippen molar-refractivity contribution in [2.24, 2.45) is 0 Å². The highest BCUT2D eigenvalue weighted by Gasteiger charge is 2.18. The Hall–Kier alpha value is -3.89. The Morgan fingerprint density at radius 2 is 1.89 bits per heavy atom. The van der Waals surface area contributed by atoms with Gasteiger partial charge in [-0.05, 0) is 53.6 Å². The van der Waals surface area contributed by atoms with Gasteiger partial charge in [0.2, 0.25) is 6.79 Å². The minimum atomic E-state index is -0.324. The first-order valence-corrected chi connectivity index (χ1v) is 12.2. The quantitative estimate of drug-likeness (QED) is 0.335. The first kappa shape index (κ1) is 23.8. The van der Waals surface area contributed by atoms with Gasteiger partial charge in [-0.25, -0.2) is 4.39 Å². The second-order valence-corrected chi connectivity index (χ2v) is 8.90. The number of benzene rings is 3. The van der Waals surface area contributed by atoms with Gasteiger partial charge < -0.3 is 19.5 Å². The number of aromatic nitrogens is 3. The molecule has 0 spiro atoms. The Balaban J connectivity index is 1.30. The molecule has 0 saturated heterocycles. The second-order valence-electron chi connectivity index (χ2n) is 7.96. The summed E-state index contributed by atoms with van der Waals surface area (Å²) in [6.07, 6.45) is 0. The number of fused-ring (bicyclic) bond motifs is 1. The van der Waals surface area contributed by atoms with Crippen molar-refractivity contribution < 1.29 is 23.4 Å². The van der Waals surface area contributed by atoms with Crippen LogP contribution in [-0.4, -0.2) is 34.6 Å². The van der Waals surface area contributed by atoms with Crippen LogP contribution in [0.15, 0.2) is 71.9 Å². The lowest BCUT2D eigenvalue weighted by Crippen LogP contribution is -2.23. The molecular formula is C26H23FN4O4S. The van der Waals surface area contributed by atoms with Gasteiger partial charge in [0, 0.05) is 30.7 Å². The van der Waals surface area contributed by atoms with Gasteiger partial charge in [0.15, 0.2) is 22.5 Å². The number of thioether (sulfide) groups is 1. The molecule has 1 aliphatic heterocycles. The number of hydrogen-bond donors (Lipinski definition) is 1. The summed E-state index contributed by atoms with van der Waals surface area (Å²) < 4.78 is 31.3. The molecule has 3 aromatic carbocycles. The summed E-state index contributed by atoms with van der Waals surface area (Å²) in [4.78, 5) is 13.0. The van der Waals surface area contributed by atoms with Gasteiger partial charge >= 0.3 is 0 Å². The largest absolute Gasteiger partial charge is 0.454 e. The van der Waals surface area contributed by atoms with E-state index in [-0.39, 0.29) is 25.1 Å².